The highest BCUT2D eigenvalue weighted by Crippen LogP contribution is 2.23. The molecule has 1 saturated carbocycles. The van der Waals surface area contributed by atoms with Gasteiger partial charge in [0.15, 0.2) is 0 Å². The van der Waals surface area contributed by atoms with E-state index in [1.807, 2.05) is 0 Å². The predicted octanol–water partition coefficient (Wildman–Crippen LogP) is 2.34. The number of nitrogens with one attached hydrogen (secondary N) is 1. The molecule has 1 aromatic carbocycles. The summed E-state index contributed by atoms with van der Waals surface area (Å²) in [6.45, 7) is 0. The molecule has 0 bridgehead atoms. The van der Waals surface area contributed by atoms with Crippen LogP contribution in [0, 0.1) is 0 Å². The van der Waals surface area contributed by atoms with Crippen molar-refractivity contribution in [1.29, 1.82) is 0 Å². The Morgan fingerprint density at radius 1 is 1.09 bits per heavy atom. The van der Waals surface area contributed by atoms with Crippen LogP contribution in [0.1, 0.15) is 31.2 Å². The minimum Gasteiger partial charge on any atom is -0.328 e. The van der Waals surface area contributed by atoms with Crippen molar-refractivity contribution >= 4 is 10.0 Å². The first-order valence-corrected chi connectivity index (χ1v) is 8.58. The van der Waals surface area contributed by atoms with E-state index in [1.54, 1.807) is 0 Å². The van der Waals surface area contributed by atoms with Crippen LogP contribution in [0.5, 0.6) is 0 Å². The van der Waals surface area contributed by atoms with Crippen LogP contribution in [0.2, 0.25) is 0 Å². The van der Waals surface area contributed by atoms with Crippen molar-refractivity contribution in [2.45, 2.75) is 55.3 Å². The molecule has 1 fully saturated rings. The SMILES string of the molecule is NC1CCC(NS(=O)(=O)c2ccc(CC(F)(F)F)cc2)CC1. The number of alkyl halides is 3. The van der Waals surface area contributed by atoms with Gasteiger partial charge in [-0.15, -0.1) is 0 Å². The molecule has 4 nitrogen and oxygen atoms in total. The first-order valence-electron chi connectivity index (χ1n) is 7.09. The van der Waals surface area contributed by atoms with Crippen LogP contribution in [0.4, 0.5) is 13.2 Å². The Kier molecular flexibility index (Phi) is 5.14. The molecule has 1 aromatic rings. The quantitative estimate of drug-likeness (QED) is 0.886. The van der Waals surface area contributed by atoms with Crippen LogP contribution < -0.4 is 10.5 Å². The Bertz CT molecular complexity index is 592. The molecule has 0 unspecified atom stereocenters. The van der Waals surface area contributed by atoms with Gasteiger partial charge in [0.2, 0.25) is 10.0 Å². The number of rotatable bonds is 4. The minimum atomic E-state index is -4.31. The van der Waals surface area contributed by atoms with Gasteiger partial charge in [-0.05, 0) is 43.4 Å². The third-order valence-electron chi connectivity index (χ3n) is 3.73. The van der Waals surface area contributed by atoms with E-state index >= 15 is 0 Å². The molecule has 0 aromatic heterocycles. The fourth-order valence-corrected chi connectivity index (χ4v) is 3.85. The first kappa shape index (κ1) is 17.2. The van der Waals surface area contributed by atoms with Gasteiger partial charge < -0.3 is 5.73 Å². The summed E-state index contributed by atoms with van der Waals surface area (Å²) < 4.78 is 63.8. The van der Waals surface area contributed by atoms with E-state index in [-0.39, 0.29) is 22.5 Å². The lowest BCUT2D eigenvalue weighted by Gasteiger charge is -2.26. The summed E-state index contributed by atoms with van der Waals surface area (Å²) in [6.07, 6.45) is -2.50. The Hall–Kier alpha value is -1.12. The molecule has 0 radical (unpaired) electrons. The van der Waals surface area contributed by atoms with E-state index in [4.69, 9.17) is 5.73 Å². The van der Waals surface area contributed by atoms with E-state index in [9.17, 15) is 21.6 Å². The van der Waals surface area contributed by atoms with E-state index < -0.39 is 22.6 Å². The summed E-state index contributed by atoms with van der Waals surface area (Å²) >= 11 is 0. The molecule has 22 heavy (non-hydrogen) atoms. The lowest BCUT2D eigenvalue weighted by atomic mass is 9.93. The zero-order chi connectivity index (χ0) is 16.4. The summed E-state index contributed by atoms with van der Waals surface area (Å²) in [5.41, 5.74) is 5.81. The predicted molar refractivity (Wildman–Crippen MR) is 76.8 cm³/mol. The van der Waals surface area contributed by atoms with Crippen molar-refractivity contribution in [1.82, 2.24) is 4.72 Å². The highest BCUT2D eigenvalue weighted by atomic mass is 32.2. The van der Waals surface area contributed by atoms with Crippen LogP contribution in [0.25, 0.3) is 0 Å². The fraction of sp³-hybridized carbons (Fsp3) is 0.571. The van der Waals surface area contributed by atoms with Crippen LogP contribution in [0.15, 0.2) is 29.2 Å². The van der Waals surface area contributed by atoms with Gasteiger partial charge in [0, 0.05) is 12.1 Å². The van der Waals surface area contributed by atoms with Crippen LogP contribution in [0.3, 0.4) is 0 Å². The van der Waals surface area contributed by atoms with Crippen molar-refractivity contribution < 1.29 is 21.6 Å². The largest absolute Gasteiger partial charge is 0.393 e. The molecule has 3 N–H and O–H groups in total. The zero-order valence-electron chi connectivity index (χ0n) is 11.9. The maximum Gasteiger partial charge on any atom is 0.393 e. The van der Waals surface area contributed by atoms with E-state index in [1.165, 1.54) is 24.3 Å². The topological polar surface area (TPSA) is 72.2 Å². The molecule has 1 aliphatic rings. The normalized spacial score (nSPS) is 23.5. The third kappa shape index (κ3) is 4.96. The average Bonchev–Trinajstić information content (AvgIpc) is 2.40. The van der Waals surface area contributed by atoms with E-state index in [0.717, 1.165) is 12.8 Å². The molecule has 0 amide bonds. The molecule has 0 aliphatic heterocycles. The van der Waals surface area contributed by atoms with Gasteiger partial charge in [-0.2, -0.15) is 13.2 Å². The van der Waals surface area contributed by atoms with Crippen molar-refractivity contribution in [3.05, 3.63) is 29.8 Å². The summed E-state index contributed by atoms with van der Waals surface area (Å²) in [4.78, 5) is -0.0201. The van der Waals surface area contributed by atoms with Crippen molar-refractivity contribution in [3.63, 3.8) is 0 Å². The second-order valence-corrected chi connectivity index (χ2v) is 7.38. The Labute approximate surface area is 127 Å². The monoisotopic (exact) mass is 336 g/mol. The second kappa shape index (κ2) is 6.55. The Balaban J connectivity index is 2.03. The van der Waals surface area contributed by atoms with Crippen molar-refractivity contribution in [2.75, 3.05) is 0 Å². The molecule has 0 spiro atoms. The molecule has 0 saturated heterocycles. The molecule has 2 rings (SSSR count). The summed E-state index contributed by atoms with van der Waals surface area (Å²) in [5.74, 6) is 0. The van der Waals surface area contributed by atoms with Crippen molar-refractivity contribution in [3.8, 4) is 0 Å². The first-order chi connectivity index (χ1) is 10.2. The number of halogens is 3. The number of hydrogen-bond donors (Lipinski definition) is 2. The van der Waals surface area contributed by atoms with E-state index in [0.29, 0.717) is 12.8 Å². The Morgan fingerprint density at radius 3 is 2.14 bits per heavy atom. The van der Waals surface area contributed by atoms with Crippen LogP contribution >= 0.6 is 0 Å². The number of sulfonamides is 1. The second-order valence-electron chi connectivity index (χ2n) is 5.67. The van der Waals surface area contributed by atoms with Gasteiger partial charge in [-0.25, -0.2) is 13.1 Å². The highest BCUT2D eigenvalue weighted by molar-refractivity contribution is 7.89. The smallest absolute Gasteiger partial charge is 0.328 e. The lowest BCUT2D eigenvalue weighted by Crippen LogP contribution is -2.40. The van der Waals surface area contributed by atoms with Gasteiger partial charge in [-0.3, -0.25) is 0 Å². The molecule has 0 heterocycles. The standard InChI is InChI=1S/C14H19F3N2O2S/c15-14(16,17)9-10-1-7-13(8-2-10)22(20,21)19-12-5-3-11(18)4-6-12/h1-2,7-8,11-12,19H,3-6,9,18H2. The van der Waals surface area contributed by atoms with Gasteiger partial charge in [-0.1, -0.05) is 12.1 Å². The number of benzene rings is 1. The van der Waals surface area contributed by atoms with Gasteiger partial charge in [0.1, 0.15) is 0 Å². The van der Waals surface area contributed by atoms with E-state index in [2.05, 4.69) is 4.72 Å². The molecule has 8 heteroatoms. The maximum absolute atomic E-state index is 12.3. The third-order valence-corrected chi connectivity index (χ3v) is 5.27. The average molecular weight is 336 g/mol. The lowest BCUT2D eigenvalue weighted by molar-refractivity contribution is -0.127. The van der Waals surface area contributed by atoms with Gasteiger partial charge in [0.05, 0.1) is 11.3 Å². The fourth-order valence-electron chi connectivity index (χ4n) is 2.54. The number of hydrogen-bond acceptors (Lipinski definition) is 3. The number of nitrogens with two attached hydrogens (primary N) is 1. The molecular formula is C14H19F3N2O2S. The molecule has 1 aliphatic carbocycles. The maximum atomic E-state index is 12.3. The van der Waals surface area contributed by atoms with Gasteiger partial charge in [0.25, 0.3) is 0 Å². The summed E-state index contributed by atoms with van der Waals surface area (Å²) in [5, 5.41) is 0. The van der Waals surface area contributed by atoms with Crippen LogP contribution in [-0.2, 0) is 16.4 Å². The molecular weight excluding hydrogens is 317 g/mol. The summed E-state index contributed by atoms with van der Waals surface area (Å²) in [7, 11) is -3.71. The minimum absolute atomic E-state index is 0.0201. The molecule has 0 atom stereocenters. The summed E-state index contributed by atoms with van der Waals surface area (Å²) in [6, 6.07) is 4.75. The van der Waals surface area contributed by atoms with Crippen molar-refractivity contribution in [2.24, 2.45) is 5.73 Å². The highest BCUT2D eigenvalue weighted by Gasteiger charge is 2.28. The zero-order valence-corrected chi connectivity index (χ0v) is 12.8. The molecule has 124 valence electrons. The van der Waals surface area contributed by atoms with Gasteiger partial charge >= 0.3 is 6.18 Å². The Morgan fingerprint density at radius 2 is 1.64 bits per heavy atom. The van der Waals surface area contributed by atoms with Crippen LogP contribution in [-0.4, -0.2) is 26.7 Å².